The average Bonchev–Trinajstić information content (AvgIpc) is 2.12. The standard InChI is InChI=1S/C11H19F3O2/c1-5-16-9(15)7-6-8(2)10(3,4)11(12,13)14/h8H,5-7H2,1-4H3. The number of esters is 1. The minimum atomic E-state index is -4.25. The van der Waals surface area contributed by atoms with Gasteiger partial charge in [-0.1, -0.05) is 20.8 Å². The molecule has 0 aliphatic carbocycles. The smallest absolute Gasteiger partial charge is 0.394 e. The average molecular weight is 240 g/mol. The lowest BCUT2D eigenvalue weighted by molar-refractivity contribution is -0.228. The molecule has 0 rings (SSSR count). The van der Waals surface area contributed by atoms with Gasteiger partial charge < -0.3 is 4.74 Å². The predicted octanol–water partition coefficient (Wildman–Crippen LogP) is 3.55. The van der Waals surface area contributed by atoms with Crippen LogP contribution in [0.4, 0.5) is 13.2 Å². The van der Waals surface area contributed by atoms with E-state index in [1.54, 1.807) is 6.92 Å². The van der Waals surface area contributed by atoms with Crippen LogP contribution in [-0.2, 0) is 9.53 Å². The van der Waals surface area contributed by atoms with E-state index >= 15 is 0 Å². The maximum Gasteiger partial charge on any atom is 0.394 e. The van der Waals surface area contributed by atoms with Gasteiger partial charge in [0.05, 0.1) is 12.0 Å². The van der Waals surface area contributed by atoms with Crippen molar-refractivity contribution in [2.45, 2.75) is 46.7 Å². The van der Waals surface area contributed by atoms with Crippen LogP contribution in [0.25, 0.3) is 0 Å². The maximum atomic E-state index is 12.6. The molecule has 0 aliphatic heterocycles. The molecule has 0 aromatic heterocycles. The van der Waals surface area contributed by atoms with Gasteiger partial charge in [-0.2, -0.15) is 13.2 Å². The summed E-state index contributed by atoms with van der Waals surface area (Å²) in [5.41, 5.74) is -1.78. The second-order valence-electron chi connectivity index (χ2n) is 4.46. The predicted molar refractivity (Wildman–Crippen MR) is 54.9 cm³/mol. The molecule has 16 heavy (non-hydrogen) atoms. The molecule has 0 aromatic carbocycles. The number of carbonyl (C=O) groups excluding carboxylic acids is 1. The third kappa shape index (κ3) is 4.02. The monoisotopic (exact) mass is 240 g/mol. The van der Waals surface area contributed by atoms with Crippen molar-refractivity contribution in [3.05, 3.63) is 0 Å². The number of hydrogen-bond acceptors (Lipinski definition) is 2. The van der Waals surface area contributed by atoms with Gasteiger partial charge in [-0.25, -0.2) is 0 Å². The Labute approximate surface area is 94.2 Å². The number of carbonyl (C=O) groups is 1. The summed E-state index contributed by atoms with van der Waals surface area (Å²) in [7, 11) is 0. The van der Waals surface area contributed by atoms with Gasteiger partial charge in [0, 0.05) is 6.42 Å². The first-order valence-corrected chi connectivity index (χ1v) is 5.35. The van der Waals surface area contributed by atoms with E-state index in [9.17, 15) is 18.0 Å². The summed E-state index contributed by atoms with van der Waals surface area (Å²) in [6.45, 7) is 5.75. The van der Waals surface area contributed by atoms with Crippen LogP contribution in [0, 0.1) is 11.3 Å². The lowest BCUT2D eigenvalue weighted by Crippen LogP contribution is -2.38. The third-order valence-corrected chi connectivity index (χ3v) is 3.05. The highest BCUT2D eigenvalue weighted by Gasteiger charge is 2.50. The fourth-order valence-electron chi connectivity index (χ4n) is 1.21. The molecule has 2 nitrogen and oxygen atoms in total. The summed E-state index contributed by atoms with van der Waals surface area (Å²) in [6, 6.07) is 0. The highest BCUT2D eigenvalue weighted by atomic mass is 19.4. The zero-order valence-corrected chi connectivity index (χ0v) is 10.1. The van der Waals surface area contributed by atoms with Crippen molar-refractivity contribution in [2.75, 3.05) is 6.61 Å². The molecule has 0 bridgehead atoms. The maximum absolute atomic E-state index is 12.6. The molecular formula is C11H19F3O2. The Kier molecular flexibility index (Phi) is 5.29. The first-order valence-electron chi connectivity index (χ1n) is 5.35. The summed E-state index contributed by atoms with van der Waals surface area (Å²) in [5, 5.41) is 0. The molecule has 0 aliphatic rings. The number of hydrogen-bond donors (Lipinski definition) is 0. The lowest BCUT2D eigenvalue weighted by Gasteiger charge is -2.33. The van der Waals surface area contributed by atoms with Gasteiger partial charge in [0.25, 0.3) is 0 Å². The highest BCUT2D eigenvalue weighted by molar-refractivity contribution is 5.69. The molecule has 0 fully saturated rings. The van der Waals surface area contributed by atoms with Crippen molar-refractivity contribution in [2.24, 2.45) is 11.3 Å². The molecule has 0 radical (unpaired) electrons. The number of rotatable bonds is 5. The first kappa shape index (κ1) is 15.3. The van der Waals surface area contributed by atoms with Gasteiger partial charge in [0.2, 0.25) is 0 Å². The van der Waals surface area contributed by atoms with Crippen LogP contribution >= 0.6 is 0 Å². The SMILES string of the molecule is CCOC(=O)CCC(C)C(C)(C)C(F)(F)F. The van der Waals surface area contributed by atoms with Crippen molar-refractivity contribution in [1.29, 1.82) is 0 Å². The zero-order valence-electron chi connectivity index (χ0n) is 10.1. The topological polar surface area (TPSA) is 26.3 Å². The van der Waals surface area contributed by atoms with Crippen LogP contribution < -0.4 is 0 Å². The van der Waals surface area contributed by atoms with Gasteiger partial charge in [0.1, 0.15) is 0 Å². The molecule has 0 N–H and O–H groups in total. The second kappa shape index (κ2) is 5.55. The Morgan fingerprint density at radius 3 is 2.19 bits per heavy atom. The first-order chi connectivity index (χ1) is 7.13. The Morgan fingerprint density at radius 1 is 1.31 bits per heavy atom. The van der Waals surface area contributed by atoms with E-state index in [1.807, 2.05) is 0 Å². The van der Waals surface area contributed by atoms with E-state index in [2.05, 4.69) is 4.74 Å². The van der Waals surface area contributed by atoms with E-state index in [0.29, 0.717) is 0 Å². The van der Waals surface area contributed by atoms with Crippen molar-refractivity contribution in [1.82, 2.24) is 0 Å². The summed E-state index contributed by atoms with van der Waals surface area (Å²) in [4.78, 5) is 11.0. The minimum Gasteiger partial charge on any atom is -0.466 e. The number of alkyl halides is 3. The fourth-order valence-corrected chi connectivity index (χ4v) is 1.21. The summed E-state index contributed by atoms with van der Waals surface area (Å²) >= 11 is 0. The Balaban J connectivity index is 4.26. The molecule has 1 atom stereocenters. The molecule has 5 heteroatoms. The van der Waals surface area contributed by atoms with Crippen LogP contribution in [-0.4, -0.2) is 18.8 Å². The van der Waals surface area contributed by atoms with Crippen LogP contribution in [0.3, 0.4) is 0 Å². The van der Waals surface area contributed by atoms with Gasteiger partial charge in [-0.05, 0) is 19.3 Å². The van der Waals surface area contributed by atoms with Crippen LogP contribution in [0.2, 0.25) is 0 Å². The Bertz CT molecular complexity index is 234. The number of ether oxygens (including phenoxy) is 1. The van der Waals surface area contributed by atoms with E-state index in [0.717, 1.165) is 13.8 Å². The van der Waals surface area contributed by atoms with Crippen molar-refractivity contribution >= 4 is 5.97 Å². The number of halogens is 3. The van der Waals surface area contributed by atoms with Crippen LogP contribution in [0.1, 0.15) is 40.5 Å². The van der Waals surface area contributed by atoms with Crippen molar-refractivity contribution < 1.29 is 22.7 Å². The molecule has 0 spiro atoms. The fraction of sp³-hybridized carbons (Fsp3) is 0.909. The summed E-state index contributed by atoms with van der Waals surface area (Å²) in [6.07, 6.45) is -4.03. The zero-order chi connectivity index (χ0) is 13.0. The quantitative estimate of drug-likeness (QED) is 0.687. The third-order valence-electron chi connectivity index (χ3n) is 3.05. The van der Waals surface area contributed by atoms with E-state index in [-0.39, 0.29) is 19.4 Å². The molecule has 0 aromatic rings. The van der Waals surface area contributed by atoms with Crippen molar-refractivity contribution in [3.8, 4) is 0 Å². The molecule has 0 heterocycles. The van der Waals surface area contributed by atoms with Crippen molar-refractivity contribution in [3.63, 3.8) is 0 Å². The lowest BCUT2D eigenvalue weighted by atomic mass is 9.77. The second-order valence-corrected chi connectivity index (χ2v) is 4.46. The molecular weight excluding hydrogens is 221 g/mol. The molecule has 1 unspecified atom stereocenters. The molecule has 0 saturated carbocycles. The molecule has 96 valence electrons. The highest BCUT2D eigenvalue weighted by Crippen LogP contribution is 2.44. The Morgan fingerprint density at radius 2 is 1.81 bits per heavy atom. The summed E-state index contributed by atoms with van der Waals surface area (Å²) in [5.74, 6) is -1.05. The van der Waals surface area contributed by atoms with Gasteiger partial charge in [-0.15, -0.1) is 0 Å². The van der Waals surface area contributed by atoms with E-state index in [1.165, 1.54) is 6.92 Å². The minimum absolute atomic E-state index is 0.0362. The summed E-state index contributed by atoms with van der Waals surface area (Å²) < 4.78 is 42.6. The largest absolute Gasteiger partial charge is 0.466 e. The van der Waals surface area contributed by atoms with Crippen LogP contribution in [0.5, 0.6) is 0 Å². The normalized spacial score (nSPS) is 14.7. The molecule has 0 saturated heterocycles. The van der Waals surface area contributed by atoms with Gasteiger partial charge in [-0.3, -0.25) is 4.79 Å². The Hall–Kier alpha value is -0.740. The van der Waals surface area contributed by atoms with Gasteiger partial charge in [0.15, 0.2) is 0 Å². The van der Waals surface area contributed by atoms with E-state index in [4.69, 9.17) is 0 Å². The van der Waals surface area contributed by atoms with Gasteiger partial charge >= 0.3 is 12.1 Å². The van der Waals surface area contributed by atoms with E-state index < -0.39 is 23.5 Å². The molecule has 0 amide bonds. The van der Waals surface area contributed by atoms with Crippen LogP contribution in [0.15, 0.2) is 0 Å².